The molecule has 0 radical (unpaired) electrons. The SMILES string of the molecule is NC(=O)c1ccc(-c2cccc(C(=O)NCCO)n2)cc1. The first kappa shape index (κ1) is 14.7. The van der Waals surface area contributed by atoms with E-state index < -0.39 is 5.91 Å². The highest BCUT2D eigenvalue weighted by atomic mass is 16.3. The van der Waals surface area contributed by atoms with Crippen LogP contribution in [0.2, 0.25) is 0 Å². The molecule has 6 heteroatoms. The molecule has 0 unspecified atom stereocenters. The maximum Gasteiger partial charge on any atom is 0.269 e. The second-order valence-electron chi connectivity index (χ2n) is 4.33. The third-order valence-corrected chi connectivity index (χ3v) is 2.84. The number of carbonyl (C=O) groups is 2. The van der Waals surface area contributed by atoms with Crippen LogP contribution in [0.25, 0.3) is 11.3 Å². The summed E-state index contributed by atoms with van der Waals surface area (Å²) < 4.78 is 0. The predicted molar refractivity (Wildman–Crippen MR) is 77.6 cm³/mol. The number of aliphatic hydroxyl groups is 1. The lowest BCUT2D eigenvalue weighted by molar-refractivity contribution is 0.0939. The average molecular weight is 285 g/mol. The monoisotopic (exact) mass is 285 g/mol. The van der Waals surface area contributed by atoms with Crippen molar-refractivity contribution in [2.24, 2.45) is 5.73 Å². The number of benzene rings is 1. The van der Waals surface area contributed by atoms with Gasteiger partial charge in [-0.3, -0.25) is 9.59 Å². The summed E-state index contributed by atoms with van der Waals surface area (Å²) in [5, 5.41) is 11.2. The largest absolute Gasteiger partial charge is 0.395 e. The minimum atomic E-state index is -0.494. The van der Waals surface area contributed by atoms with Gasteiger partial charge >= 0.3 is 0 Å². The molecule has 0 aliphatic heterocycles. The van der Waals surface area contributed by atoms with Gasteiger partial charge in [0.1, 0.15) is 5.69 Å². The summed E-state index contributed by atoms with van der Waals surface area (Å²) >= 11 is 0. The summed E-state index contributed by atoms with van der Waals surface area (Å²) in [6, 6.07) is 11.7. The van der Waals surface area contributed by atoms with Crippen molar-refractivity contribution in [2.45, 2.75) is 0 Å². The summed E-state index contributed by atoms with van der Waals surface area (Å²) in [6.07, 6.45) is 0. The Morgan fingerprint density at radius 3 is 2.48 bits per heavy atom. The van der Waals surface area contributed by atoms with Crippen molar-refractivity contribution in [2.75, 3.05) is 13.2 Å². The minimum absolute atomic E-state index is 0.125. The Hall–Kier alpha value is -2.73. The number of nitrogens with zero attached hydrogens (tertiary/aromatic N) is 1. The van der Waals surface area contributed by atoms with Crippen molar-refractivity contribution in [3.05, 3.63) is 53.7 Å². The van der Waals surface area contributed by atoms with Crippen LogP contribution >= 0.6 is 0 Å². The van der Waals surface area contributed by atoms with Gasteiger partial charge in [-0.25, -0.2) is 4.98 Å². The summed E-state index contributed by atoms with van der Waals surface area (Å²) in [5.74, 6) is -0.841. The molecule has 0 fully saturated rings. The number of carbonyl (C=O) groups excluding carboxylic acids is 2. The van der Waals surface area contributed by atoms with Gasteiger partial charge in [-0.1, -0.05) is 18.2 Å². The molecule has 0 saturated carbocycles. The molecule has 2 rings (SSSR count). The van der Waals surface area contributed by atoms with Gasteiger partial charge in [0.2, 0.25) is 5.91 Å². The fourth-order valence-corrected chi connectivity index (χ4v) is 1.79. The van der Waals surface area contributed by atoms with Crippen molar-refractivity contribution in [3.63, 3.8) is 0 Å². The Bertz CT molecular complexity index is 653. The van der Waals surface area contributed by atoms with Gasteiger partial charge in [-0.15, -0.1) is 0 Å². The Kier molecular flexibility index (Phi) is 4.63. The molecular weight excluding hydrogens is 270 g/mol. The zero-order valence-electron chi connectivity index (χ0n) is 11.2. The van der Waals surface area contributed by atoms with E-state index in [0.717, 1.165) is 5.56 Å². The normalized spacial score (nSPS) is 10.1. The van der Waals surface area contributed by atoms with Gasteiger partial charge in [0, 0.05) is 17.7 Å². The molecule has 21 heavy (non-hydrogen) atoms. The smallest absolute Gasteiger partial charge is 0.269 e. The Morgan fingerprint density at radius 1 is 1.14 bits per heavy atom. The highest BCUT2D eigenvalue weighted by Gasteiger charge is 2.08. The van der Waals surface area contributed by atoms with Gasteiger partial charge in [-0.2, -0.15) is 0 Å². The minimum Gasteiger partial charge on any atom is -0.395 e. The molecule has 108 valence electrons. The summed E-state index contributed by atoms with van der Waals surface area (Å²) in [7, 11) is 0. The molecule has 0 spiro atoms. The molecule has 0 aliphatic rings. The lowest BCUT2D eigenvalue weighted by atomic mass is 10.1. The van der Waals surface area contributed by atoms with Gasteiger partial charge in [0.25, 0.3) is 5.91 Å². The zero-order valence-corrected chi connectivity index (χ0v) is 11.2. The first-order valence-corrected chi connectivity index (χ1v) is 6.38. The van der Waals surface area contributed by atoms with E-state index in [4.69, 9.17) is 10.8 Å². The molecule has 4 N–H and O–H groups in total. The molecule has 0 aliphatic carbocycles. The van der Waals surface area contributed by atoms with E-state index in [2.05, 4.69) is 10.3 Å². The van der Waals surface area contributed by atoms with Crippen LogP contribution in [0.15, 0.2) is 42.5 Å². The Labute approximate surface area is 121 Å². The quantitative estimate of drug-likeness (QED) is 0.746. The summed E-state index contributed by atoms with van der Waals surface area (Å²) in [6.45, 7) is 0.0536. The number of nitrogens with one attached hydrogen (secondary N) is 1. The predicted octanol–water partition coefficient (Wildman–Crippen LogP) is 0.570. The molecule has 1 aromatic heterocycles. The number of aromatic nitrogens is 1. The molecule has 0 bridgehead atoms. The number of hydrogen-bond acceptors (Lipinski definition) is 4. The fourth-order valence-electron chi connectivity index (χ4n) is 1.79. The number of nitrogens with two attached hydrogens (primary N) is 1. The van der Waals surface area contributed by atoms with Gasteiger partial charge in [0.15, 0.2) is 0 Å². The highest BCUT2D eigenvalue weighted by molar-refractivity contribution is 5.94. The van der Waals surface area contributed by atoms with Crippen molar-refractivity contribution >= 4 is 11.8 Å². The van der Waals surface area contributed by atoms with Crippen LogP contribution in [0, 0.1) is 0 Å². The van der Waals surface area contributed by atoms with Gasteiger partial charge in [-0.05, 0) is 24.3 Å². The van der Waals surface area contributed by atoms with E-state index in [1.54, 1.807) is 42.5 Å². The fraction of sp³-hybridized carbons (Fsp3) is 0.133. The van der Waals surface area contributed by atoms with Crippen LogP contribution in [0.1, 0.15) is 20.8 Å². The maximum absolute atomic E-state index is 11.8. The molecule has 6 nitrogen and oxygen atoms in total. The molecule has 0 saturated heterocycles. The molecule has 1 heterocycles. The average Bonchev–Trinajstić information content (AvgIpc) is 2.52. The Morgan fingerprint density at radius 2 is 1.86 bits per heavy atom. The van der Waals surface area contributed by atoms with E-state index >= 15 is 0 Å². The third-order valence-electron chi connectivity index (χ3n) is 2.84. The van der Waals surface area contributed by atoms with Crippen LogP contribution in [0.4, 0.5) is 0 Å². The first-order chi connectivity index (χ1) is 10.1. The van der Waals surface area contributed by atoms with Crippen LogP contribution in [0.5, 0.6) is 0 Å². The molecule has 1 aromatic carbocycles. The third kappa shape index (κ3) is 3.64. The van der Waals surface area contributed by atoms with Gasteiger partial charge < -0.3 is 16.2 Å². The van der Waals surface area contributed by atoms with E-state index in [-0.39, 0.29) is 24.8 Å². The maximum atomic E-state index is 11.8. The van der Waals surface area contributed by atoms with Crippen molar-refractivity contribution in [3.8, 4) is 11.3 Å². The van der Waals surface area contributed by atoms with Gasteiger partial charge in [0.05, 0.1) is 12.3 Å². The van der Waals surface area contributed by atoms with Crippen LogP contribution < -0.4 is 11.1 Å². The van der Waals surface area contributed by atoms with Crippen molar-refractivity contribution in [1.29, 1.82) is 0 Å². The number of rotatable bonds is 5. The number of aliphatic hydroxyl groups excluding tert-OH is 1. The second kappa shape index (κ2) is 6.62. The van der Waals surface area contributed by atoms with Crippen LogP contribution in [-0.4, -0.2) is 35.1 Å². The molecule has 2 amide bonds. The topological polar surface area (TPSA) is 105 Å². The Balaban J connectivity index is 2.24. The van der Waals surface area contributed by atoms with Crippen molar-refractivity contribution < 1.29 is 14.7 Å². The molecule has 2 aromatic rings. The standard InChI is InChI=1S/C15H15N3O3/c16-14(20)11-6-4-10(5-7-11)12-2-1-3-13(18-12)15(21)17-8-9-19/h1-7,19H,8-9H2,(H2,16,20)(H,17,21). The van der Waals surface area contributed by atoms with Crippen molar-refractivity contribution in [1.82, 2.24) is 10.3 Å². The second-order valence-corrected chi connectivity index (χ2v) is 4.33. The lowest BCUT2D eigenvalue weighted by Crippen LogP contribution is -2.27. The highest BCUT2D eigenvalue weighted by Crippen LogP contribution is 2.17. The van der Waals surface area contributed by atoms with E-state index in [1.807, 2.05) is 0 Å². The number of hydrogen-bond donors (Lipinski definition) is 3. The number of amides is 2. The molecular formula is C15H15N3O3. The zero-order chi connectivity index (χ0) is 15.2. The summed E-state index contributed by atoms with van der Waals surface area (Å²) in [4.78, 5) is 27.1. The van der Waals surface area contributed by atoms with Crippen LogP contribution in [-0.2, 0) is 0 Å². The van der Waals surface area contributed by atoms with E-state index in [0.29, 0.717) is 11.3 Å². The summed E-state index contributed by atoms with van der Waals surface area (Å²) in [5.41, 5.74) is 7.25. The van der Waals surface area contributed by atoms with Crippen LogP contribution in [0.3, 0.4) is 0 Å². The van der Waals surface area contributed by atoms with E-state index in [9.17, 15) is 9.59 Å². The number of pyridine rings is 1. The number of primary amides is 1. The lowest BCUT2D eigenvalue weighted by Gasteiger charge is -2.06. The first-order valence-electron chi connectivity index (χ1n) is 6.38. The van der Waals surface area contributed by atoms with E-state index in [1.165, 1.54) is 0 Å². The molecule has 0 atom stereocenters.